The molecule has 0 aliphatic rings. The van der Waals surface area contributed by atoms with E-state index in [0.717, 1.165) is 38.5 Å². The van der Waals surface area contributed by atoms with Gasteiger partial charge in [0.05, 0.1) is 27.7 Å². The molecule has 2 atom stereocenters. The van der Waals surface area contributed by atoms with Crippen LogP contribution in [0.5, 0.6) is 0 Å². The Labute approximate surface area is 327 Å². The Bertz CT molecular complexity index is 881. The molecule has 0 aromatic carbocycles. The van der Waals surface area contributed by atoms with Crippen molar-refractivity contribution in [3.63, 3.8) is 0 Å². The van der Waals surface area contributed by atoms with E-state index in [1.54, 1.807) is 0 Å². The summed E-state index contributed by atoms with van der Waals surface area (Å²) in [5.41, 5.74) is 0. The van der Waals surface area contributed by atoms with E-state index in [0.29, 0.717) is 17.4 Å². The topological polar surface area (TPSA) is 111 Å². The summed E-state index contributed by atoms with van der Waals surface area (Å²) < 4.78 is 33.7. The number of ether oxygens (including phenoxy) is 2. The third kappa shape index (κ3) is 40.5. The van der Waals surface area contributed by atoms with Gasteiger partial charge < -0.3 is 27.9 Å². The van der Waals surface area contributed by atoms with Gasteiger partial charge in [-0.2, -0.15) is 0 Å². The number of esters is 2. The molecular formula is C43H86NO8P. The third-order valence-corrected chi connectivity index (χ3v) is 10.8. The van der Waals surface area contributed by atoms with Crippen LogP contribution in [0, 0.1) is 0 Å². The van der Waals surface area contributed by atoms with E-state index < -0.39 is 26.5 Å². The molecule has 316 valence electrons. The van der Waals surface area contributed by atoms with Crippen LogP contribution >= 0.6 is 7.82 Å². The molecule has 0 amide bonds. The SMILES string of the molecule is CCCCCCCCCCCCCCCCCCCCCCCCC(=O)OC[C@H](COP(=O)([O-])OCC[N+](C)(C)C)OC(=O)CCCCCCCCC. The predicted octanol–water partition coefficient (Wildman–Crippen LogP) is 11.8. The zero-order valence-corrected chi connectivity index (χ0v) is 36.4. The summed E-state index contributed by atoms with van der Waals surface area (Å²) in [6.07, 6.45) is 35.9. The maximum Gasteiger partial charge on any atom is 0.306 e. The lowest BCUT2D eigenvalue weighted by molar-refractivity contribution is -0.870. The first kappa shape index (κ1) is 52.0. The fourth-order valence-electron chi connectivity index (χ4n) is 6.36. The maximum absolute atomic E-state index is 12.5. The van der Waals surface area contributed by atoms with Gasteiger partial charge in [0.1, 0.15) is 19.8 Å². The van der Waals surface area contributed by atoms with Crippen molar-refractivity contribution in [3.05, 3.63) is 0 Å². The maximum atomic E-state index is 12.5. The smallest absolute Gasteiger partial charge is 0.306 e. The fraction of sp³-hybridized carbons (Fsp3) is 0.953. The highest BCUT2D eigenvalue weighted by Gasteiger charge is 2.21. The standard InChI is InChI=1S/C43H86NO8P/c1-6-8-10-12-14-15-16-17-18-19-20-21-22-23-24-25-26-27-28-30-31-33-35-42(45)49-39-41(40-51-53(47,48)50-38-37-44(3,4)5)52-43(46)36-34-32-29-13-11-9-7-2/h41H,6-40H2,1-5H3/t41-/m1/s1. The summed E-state index contributed by atoms with van der Waals surface area (Å²) in [6, 6.07) is 0. The van der Waals surface area contributed by atoms with E-state index in [2.05, 4.69) is 13.8 Å². The van der Waals surface area contributed by atoms with Gasteiger partial charge >= 0.3 is 11.9 Å². The molecule has 0 aromatic rings. The number of hydrogen-bond donors (Lipinski definition) is 0. The molecule has 0 saturated heterocycles. The zero-order chi connectivity index (χ0) is 39.3. The van der Waals surface area contributed by atoms with Crippen molar-refractivity contribution in [1.82, 2.24) is 0 Å². The fourth-order valence-corrected chi connectivity index (χ4v) is 7.09. The Morgan fingerprint density at radius 1 is 0.509 bits per heavy atom. The predicted molar refractivity (Wildman–Crippen MR) is 218 cm³/mol. The van der Waals surface area contributed by atoms with Crippen LogP contribution in [0.25, 0.3) is 0 Å². The molecule has 0 heterocycles. The monoisotopic (exact) mass is 776 g/mol. The Kier molecular flexibility index (Phi) is 36.0. The Morgan fingerprint density at radius 3 is 1.21 bits per heavy atom. The summed E-state index contributed by atoms with van der Waals surface area (Å²) in [5.74, 6) is -0.828. The second kappa shape index (κ2) is 36.6. The largest absolute Gasteiger partial charge is 0.756 e. The summed E-state index contributed by atoms with van der Waals surface area (Å²) in [4.78, 5) is 37.3. The number of carbonyl (C=O) groups is 2. The van der Waals surface area contributed by atoms with E-state index in [4.69, 9.17) is 18.5 Å². The number of hydrogen-bond acceptors (Lipinski definition) is 8. The lowest BCUT2D eigenvalue weighted by Gasteiger charge is -2.28. The number of likely N-dealkylation sites (N-methyl/N-ethyl adjacent to an activating group) is 1. The minimum atomic E-state index is -4.61. The minimum absolute atomic E-state index is 0.0263. The normalized spacial score (nSPS) is 13.5. The molecule has 53 heavy (non-hydrogen) atoms. The summed E-state index contributed by atoms with van der Waals surface area (Å²) >= 11 is 0. The molecule has 0 spiro atoms. The number of phosphoric ester groups is 1. The van der Waals surface area contributed by atoms with Gasteiger partial charge in [-0.1, -0.05) is 187 Å². The van der Waals surface area contributed by atoms with Crippen LogP contribution < -0.4 is 4.89 Å². The first-order chi connectivity index (χ1) is 25.5. The lowest BCUT2D eigenvalue weighted by Crippen LogP contribution is -2.37. The molecule has 10 heteroatoms. The number of unbranched alkanes of at least 4 members (excludes halogenated alkanes) is 27. The first-order valence-electron chi connectivity index (χ1n) is 22.2. The molecule has 0 aliphatic heterocycles. The number of rotatable bonds is 41. The molecule has 0 aromatic heterocycles. The Hall–Kier alpha value is -0.990. The minimum Gasteiger partial charge on any atom is -0.756 e. The van der Waals surface area contributed by atoms with E-state index in [-0.39, 0.29) is 32.0 Å². The number of phosphoric acid groups is 1. The highest BCUT2D eigenvalue weighted by molar-refractivity contribution is 7.45. The van der Waals surface area contributed by atoms with Gasteiger partial charge in [0.15, 0.2) is 6.10 Å². The average Bonchev–Trinajstić information content (AvgIpc) is 3.10. The second-order valence-corrected chi connectivity index (χ2v) is 17.8. The van der Waals surface area contributed by atoms with Crippen molar-refractivity contribution in [1.29, 1.82) is 0 Å². The number of carbonyl (C=O) groups excluding carboxylic acids is 2. The van der Waals surface area contributed by atoms with Crippen molar-refractivity contribution in [2.45, 2.75) is 219 Å². The van der Waals surface area contributed by atoms with Crippen LogP contribution in [0.3, 0.4) is 0 Å². The highest BCUT2D eigenvalue weighted by atomic mass is 31.2. The van der Waals surface area contributed by atoms with Gasteiger partial charge in [0, 0.05) is 12.8 Å². The molecule has 0 rings (SSSR count). The second-order valence-electron chi connectivity index (χ2n) is 16.4. The van der Waals surface area contributed by atoms with Crippen LogP contribution in [0.1, 0.15) is 213 Å². The van der Waals surface area contributed by atoms with Crippen LogP contribution in [-0.2, 0) is 32.7 Å². The summed E-state index contributed by atoms with van der Waals surface area (Å²) in [7, 11) is 1.18. The van der Waals surface area contributed by atoms with Crippen LogP contribution in [0.15, 0.2) is 0 Å². The quantitative estimate of drug-likeness (QED) is 0.0261. The van der Waals surface area contributed by atoms with Crippen LogP contribution in [0.4, 0.5) is 0 Å². The van der Waals surface area contributed by atoms with Gasteiger partial charge in [-0.05, 0) is 12.8 Å². The van der Waals surface area contributed by atoms with E-state index in [1.807, 2.05) is 21.1 Å². The number of nitrogens with zero attached hydrogens (tertiary/aromatic N) is 1. The molecule has 1 unspecified atom stereocenters. The molecule has 9 nitrogen and oxygen atoms in total. The summed E-state index contributed by atoms with van der Waals surface area (Å²) in [6.45, 7) is 4.20. The molecule has 0 aliphatic carbocycles. The van der Waals surface area contributed by atoms with Crippen LogP contribution in [-0.4, -0.2) is 70.0 Å². The van der Waals surface area contributed by atoms with Gasteiger partial charge in [-0.3, -0.25) is 14.2 Å². The van der Waals surface area contributed by atoms with Crippen molar-refractivity contribution >= 4 is 19.8 Å². The van der Waals surface area contributed by atoms with E-state index in [9.17, 15) is 19.0 Å². The van der Waals surface area contributed by atoms with Gasteiger partial charge in [0.2, 0.25) is 0 Å². The van der Waals surface area contributed by atoms with Crippen molar-refractivity contribution in [3.8, 4) is 0 Å². The summed E-state index contributed by atoms with van der Waals surface area (Å²) in [5, 5.41) is 0. The molecule has 0 N–H and O–H groups in total. The average molecular weight is 776 g/mol. The lowest BCUT2D eigenvalue weighted by atomic mass is 10.0. The highest BCUT2D eigenvalue weighted by Crippen LogP contribution is 2.38. The zero-order valence-electron chi connectivity index (χ0n) is 35.5. The molecule has 0 fully saturated rings. The van der Waals surface area contributed by atoms with Crippen molar-refractivity contribution in [2.24, 2.45) is 0 Å². The van der Waals surface area contributed by atoms with Crippen LogP contribution in [0.2, 0.25) is 0 Å². The Balaban J connectivity index is 4.07. The molecule has 0 saturated carbocycles. The first-order valence-corrected chi connectivity index (χ1v) is 23.7. The van der Waals surface area contributed by atoms with E-state index in [1.165, 1.54) is 141 Å². The molecule has 0 bridgehead atoms. The van der Waals surface area contributed by atoms with Gasteiger partial charge in [-0.15, -0.1) is 0 Å². The molecule has 0 radical (unpaired) electrons. The van der Waals surface area contributed by atoms with Gasteiger partial charge in [-0.25, -0.2) is 0 Å². The van der Waals surface area contributed by atoms with Gasteiger partial charge in [0.25, 0.3) is 7.82 Å². The van der Waals surface area contributed by atoms with Crippen molar-refractivity contribution in [2.75, 3.05) is 47.5 Å². The number of quaternary nitrogens is 1. The molecular weight excluding hydrogens is 689 g/mol. The van der Waals surface area contributed by atoms with Crippen molar-refractivity contribution < 1.29 is 42.1 Å². The third-order valence-electron chi connectivity index (χ3n) is 9.88. The van der Waals surface area contributed by atoms with E-state index >= 15 is 0 Å². The Morgan fingerprint density at radius 2 is 0.849 bits per heavy atom.